The summed E-state index contributed by atoms with van der Waals surface area (Å²) in [4.78, 5) is 13.0. The highest BCUT2D eigenvalue weighted by Crippen LogP contribution is 2.26. The molecule has 0 saturated carbocycles. The lowest BCUT2D eigenvalue weighted by molar-refractivity contribution is 0.0709. The topological polar surface area (TPSA) is 89.7 Å². The van der Waals surface area contributed by atoms with Crippen LogP contribution in [0.4, 0.5) is 4.39 Å². The monoisotopic (exact) mass is 382 g/mol. The largest absolute Gasteiger partial charge is 0.380 e. The van der Waals surface area contributed by atoms with Crippen molar-refractivity contribution in [3.8, 4) is 0 Å². The number of nitrogens with zero attached hydrogens (tertiary/aromatic N) is 1. The molecule has 0 aliphatic heterocycles. The first-order valence-corrected chi connectivity index (χ1v) is 8.37. The van der Waals surface area contributed by atoms with Crippen molar-refractivity contribution in [2.45, 2.75) is 11.8 Å². The Morgan fingerprint density at radius 3 is 2.62 bits per heavy atom. The minimum Gasteiger partial charge on any atom is -0.380 e. The van der Waals surface area contributed by atoms with E-state index in [4.69, 9.17) is 9.88 Å². The van der Waals surface area contributed by atoms with Crippen molar-refractivity contribution in [1.29, 1.82) is 0 Å². The van der Waals surface area contributed by atoms with Crippen LogP contribution in [0.2, 0.25) is 0 Å². The summed E-state index contributed by atoms with van der Waals surface area (Å²) >= 11 is 2.81. The molecule has 1 aromatic rings. The van der Waals surface area contributed by atoms with Gasteiger partial charge in [0.25, 0.3) is 5.91 Å². The van der Waals surface area contributed by atoms with E-state index in [1.807, 2.05) is 6.92 Å². The van der Waals surface area contributed by atoms with Crippen LogP contribution in [0.3, 0.4) is 0 Å². The molecule has 0 aromatic heterocycles. The first-order valence-electron chi connectivity index (χ1n) is 6.03. The maximum Gasteiger partial charge on any atom is 0.253 e. The molecule has 21 heavy (non-hydrogen) atoms. The number of hydrogen-bond acceptors (Lipinski definition) is 4. The number of nitrogens with two attached hydrogens (primary N) is 1. The van der Waals surface area contributed by atoms with Gasteiger partial charge in [0.15, 0.2) is 0 Å². The van der Waals surface area contributed by atoms with Gasteiger partial charge in [0, 0.05) is 25.8 Å². The van der Waals surface area contributed by atoms with Gasteiger partial charge in [-0.05, 0) is 35.0 Å². The van der Waals surface area contributed by atoms with E-state index in [0.29, 0.717) is 19.8 Å². The Kier molecular flexibility index (Phi) is 6.26. The molecule has 0 heterocycles. The Morgan fingerprint density at radius 1 is 1.48 bits per heavy atom. The minimum absolute atomic E-state index is 0.0984. The Bertz CT molecular complexity index is 636. The van der Waals surface area contributed by atoms with Crippen LogP contribution < -0.4 is 5.14 Å². The first kappa shape index (κ1) is 18.0. The van der Waals surface area contributed by atoms with E-state index < -0.39 is 26.6 Å². The zero-order chi connectivity index (χ0) is 16.2. The molecule has 0 radical (unpaired) electrons. The molecule has 1 rings (SSSR count). The second-order valence-electron chi connectivity index (χ2n) is 4.24. The number of rotatable bonds is 6. The number of hydrogen-bond donors (Lipinski definition) is 1. The summed E-state index contributed by atoms with van der Waals surface area (Å²) in [6, 6.07) is 2.00. The van der Waals surface area contributed by atoms with E-state index in [2.05, 4.69) is 15.9 Å². The van der Waals surface area contributed by atoms with Crippen LogP contribution in [0.15, 0.2) is 21.5 Å². The second-order valence-corrected chi connectivity index (χ2v) is 6.56. The van der Waals surface area contributed by atoms with Gasteiger partial charge in [0.1, 0.15) is 5.82 Å². The van der Waals surface area contributed by atoms with Gasteiger partial charge in [-0.15, -0.1) is 0 Å². The summed E-state index contributed by atoms with van der Waals surface area (Å²) < 4.78 is 41.4. The Balaban J connectivity index is 3.09. The number of carbonyl (C=O) groups is 1. The highest BCUT2D eigenvalue weighted by atomic mass is 79.9. The van der Waals surface area contributed by atoms with Gasteiger partial charge < -0.3 is 9.64 Å². The highest BCUT2D eigenvalue weighted by molar-refractivity contribution is 9.10. The molecule has 0 unspecified atom stereocenters. The molecule has 0 spiro atoms. The quantitative estimate of drug-likeness (QED) is 0.751. The number of likely N-dealkylation sites (N-methyl/N-ethyl adjacent to an activating group) is 1. The molecule has 6 nitrogen and oxygen atoms in total. The van der Waals surface area contributed by atoms with Crippen molar-refractivity contribution in [2.75, 3.05) is 26.8 Å². The third-order valence-corrected chi connectivity index (χ3v) is 4.67. The first-order chi connectivity index (χ1) is 9.68. The van der Waals surface area contributed by atoms with Crippen LogP contribution in [0, 0.1) is 5.82 Å². The molecule has 0 bridgehead atoms. The van der Waals surface area contributed by atoms with E-state index in [0.717, 1.165) is 12.1 Å². The Hall–Kier alpha value is -1.03. The van der Waals surface area contributed by atoms with Crippen molar-refractivity contribution >= 4 is 31.9 Å². The van der Waals surface area contributed by atoms with Crippen molar-refractivity contribution in [3.05, 3.63) is 28.0 Å². The van der Waals surface area contributed by atoms with E-state index in [-0.39, 0.29) is 10.0 Å². The predicted octanol–water partition coefficient (Wildman–Crippen LogP) is 1.34. The number of ether oxygens (including phenoxy) is 1. The summed E-state index contributed by atoms with van der Waals surface area (Å²) in [5.74, 6) is -1.39. The van der Waals surface area contributed by atoms with E-state index in [1.165, 1.54) is 11.9 Å². The van der Waals surface area contributed by atoms with Crippen molar-refractivity contribution in [2.24, 2.45) is 5.14 Å². The summed E-state index contributed by atoms with van der Waals surface area (Å²) in [6.07, 6.45) is 0. The number of carbonyl (C=O) groups excluding carboxylic acids is 1. The van der Waals surface area contributed by atoms with Gasteiger partial charge in [-0.25, -0.2) is 17.9 Å². The van der Waals surface area contributed by atoms with E-state index in [1.54, 1.807) is 0 Å². The molecule has 1 amide bonds. The molecular formula is C12H16BrFN2O4S. The molecule has 0 fully saturated rings. The summed E-state index contributed by atoms with van der Waals surface area (Å²) in [5, 5.41) is 5.00. The van der Waals surface area contributed by atoms with Gasteiger partial charge >= 0.3 is 0 Å². The van der Waals surface area contributed by atoms with Crippen molar-refractivity contribution < 1.29 is 22.3 Å². The lowest BCUT2D eigenvalue weighted by Crippen LogP contribution is -2.30. The van der Waals surface area contributed by atoms with Crippen LogP contribution in [0.25, 0.3) is 0 Å². The molecular weight excluding hydrogens is 367 g/mol. The second kappa shape index (κ2) is 7.30. The third-order valence-electron chi connectivity index (χ3n) is 2.67. The van der Waals surface area contributed by atoms with Crippen LogP contribution in [-0.4, -0.2) is 46.0 Å². The molecule has 9 heteroatoms. The zero-order valence-electron chi connectivity index (χ0n) is 11.6. The fraction of sp³-hybridized carbons (Fsp3) is 0.417. The summed E-state index contributed by atoms with van der Waals surface area (Å²) in [7, 11) is -2.63. The van der Waals surface area contributed by atoms with Gasteiger partial charge in [-0.2, -0.15) is 0 Å². The van der Waals surface area contributed by atoms with Gasteiger partial charge in [0.2, 0.25) is 10.0 Å². The van der Waals surface area contributed by atoms with Crippen LogP contribution in [0.5, 0.6) is 0 Å². The fourth-order valence-electron chi connectivity index (χ4n) is 1.56. The Labute approximate surface area is 131 Å². The SMILES string of the molecule is CCOCCN(C)C(=O)c1cc(F)c(Br)c(S(N)(=O)=O)c1. The molecule has 0 saturated heterocycles. The van der Waals surface area contributed by atoms with Crippen LogP contribution in [0.1, 0.15) is 17.3 Å². The number of halogens is 2. The van der Waals surface area contributed by atoms with Crippen LogP contribution in [-0.2, 0) is 14.8 Å². The molecule has 118 valence electrons. The van der Waals surface area contributed by atoms with Gasteiger partial charge in [0.05, 0.1) is 16.0 Å². The van der Waals surface area contributed by atoms with E-state index in [9.17, 15) is 17.6 Å². The number of sulfonamides is 1. The lowest BCUT2D eigenvalue weighted by Gasteiger charge is -2.17. The number of amides is 1. The number of benzene rings is 1. The summed E-state index contributed by atoms with van der Waals surface area (Å²) in [5.41, 5.74) is -0.0984. The predicted molar refractivity (Wildman–Crippen MR) is 78.9 cm³/mol. The maximum absolute atomic E-state index is 13.7. The van der Waals surface area contributed by atoms with Crippen LogP contribution >= 0.6 is 15.9 Å². The summed E-state index contributed by atoms with van der Waals surface area (Å²) in [6.45, 7) is 2.98. The van der Waals surface area contributed by atoms with Gasteiger partial charge in [-0.1, -0.05) is 0 Å². The Morgan fingerprint density at radius 2 is 2.10 bits per heavy atom. The normalized spacial score (nSPS) is 11.5. The molecule has 0 aliphatic rings. The molecule has 2 N–H and O–H groups in total. The molecule has 0 aliphatic carbocycles. The number of primary sulfonamides is 1. The maximum atomic E-state index is 13.7. The fourth-order valence-corrected chi connectivity index (χ4v) is 3.11. The van der Waals surface area contributed by atoms with Gasteiger partial charge in [-0.3, -0.25) is 4.79 Å². The smallest absolute Gasteiger partial charge is 0.253 e. The standard InChI is InChI=1S/C12H16BrFN2O4S/c1-3-20-5-4-16(2)12(17)8-6-9(14)11(13)10(7-8)21(15,18)19/h6-7H,3-5H2,1-2H3,(H2,15,18,19). The van der Waals surface area contributed by atoms with E-state index >= 15 is 0 Å². The molecule has 0 atom stereocenters. The average molecular weight is 383 g/mol. The molecule has 1 aromatic carbocycles. The van der Waals surface area contributed by atoms with Crippen molar-refractivity contribution in [3.63, 3.8) is 0 Å². The zero-order valence-corrected chi connectivity index (χ0v) is 14.0. The highest BCUT2D eigenvalue weighted by Gasteiger charge is 2.21. The minimum atomic E-state index is -4.14. The lowest BCUT2D eigenvalue weighted by atomic mass is 10.2. The van der Waals surface area contributed by atoms with Crippen molar-refractivity contribution in [1.82, 2.24) is 4.90 Å². The average Bonchev–Trinajstić information content (AvgIpc) is 2.39. The third kappa shape index (κ3) is 4.73.